The van der Waals surface area contributed by atoms with Gasteiger partial charge < -0.3 is 37.9 Å². The molecule has 0 aliphatic carbocycles. The van der Waals surface area contributed by atoms with Crippen molar-refractivity contribution in [1.29, 1.82) is 0 Å². The molecule has 1 unspecified atom stereocenters. The quantitative estimate of drug-likeness (QED) is 0.0857. The summed E-state index contributed by atoms with van der Waals surface area (Å²) < 4.78 is 9.53. The summed E-state index contributed by atoms with van der Waals surface area (Å²) in [5, 5.41) is 10.4. The molecule has 0 spiro atoms. The first kappa shape index (κ1) is 81.3. The summed E-state index contributed by atoms with van der Waals surface area (Å²) in [5.41, 5.74) is 29.9. The van der Waals surface area contributed by atoms with Crippen LogP contribution in [0.2, 0.25) is 0 Å². The topological polar surface area (TPSA) is 32.7 Å². The zero-order valence-corrected chi connectivity index (χ0v) is 73.0. The van der Waals surface area contributed by atoms with E-state index in [1.165, 1.54) is 191 Å². The lowest BCUT2D eigenvalue weighted by molar-refractivity contribution is 0.591. The van der Waals surface area contributed by atoms with Crippen molar-refractivity contribution < 1.29 is 0 Å². The Morgan fingerprint density at radius 3 is 0.797 bits per heavy atom. The Morgan fingerprint density at radius 2 is 0.504 bits per heavy atom. The molecular formula is C115H110N8. The van der Waals surface area contributed by atoms with Gasteiger partial charge in [-0.1, -0.05) is 232 Å². The zero-order valence-electron chi connectivity index (χ0n) is 73.0. The second kappa shape index (κ2) is 35.7. The number of rotatable bonds is 18. The number of aromatic nitrogens is 4. The van der Waals surface area contributed by atoms with Crippen molar-refractivity contribution in [2.24, 2.45) is 0 Å². The zero-order chi connectivity index (χ0) is 84.8. The van der Waals surface area contributed by atoms with Gasteiger partial charge >= 0.3 is 0 Å². The van der Waals surface area contributed by atoms with Crippen molar-refractivity contribution in [2.75, 3.05) is 47.8 Å². The smallest absolute Gasteiger partial charge is 0.0542 e. The van der Waals surface area contributed by atoms with Gasteiger partial charge in [0.2, 0.25) is 0 Å². The van der Waals surface area contributed by atoms with E-state index in [-0.39, 0.29) is 5.41 Å². The van der Waals surface area contributed by atoms with Gasteiger partial charge in [-0.25, -0.2) is 0 Å². The predicted molar refractivity (Wildman–Crippen MR) is 531 cm³/mol. The molecule has 20 aromatic rings. The van der Waals surface area contributed by atoms with Crippen LogP contribution in [0.4, 0.5) is 45.5 Å². The minimum atomic E-state index is 0.105. The van der Waals surface area contributed by atoms with Crippen LogP contribution < -0.4 is 19.6 Å². The summed E-state index contributed by atoms with van der Waals surface area (Å²) >= 11 is 0. The summed E-state index contributed by atoms with van der Waals surface area (Å²) in [4.78, 5) is 9.01. The van der Waals surface area contributed by atoms with E-state index >= 15 is 0 Å². The van der Waals surface area contributed by atoms with Crippen LogP contribution in [0.25, 0.3) is 110 Å². The Balaban J connectivity index is 0.000000116. The van der Waals surface area contributed by atoms with Crippen LogP contribution in [-0.2, 0) is 11.8 Å². The van der Waals surface area contributed by atoms with Gasteiger partial charge in [0.05, 0.1) is 44.1 Å². The molecule has 4 aromatic heterocycles. The number of hydrogen-bond donors (Lipinski definition) is 0. The van der Waals surface area contributed by atoms with Gasteiger partial charge in [-0.2, -0.15) is 0 Å². The SMILES string of the molecule is CC(C)c1ccc2c(c1)c1cc(N(C)c3ccccc3)ccc1n2-c1ccccc1.CCC(C)c1ccc2c(c1)c1cc(N(C)c3ccccc3)ccc1n2-c1ccccc1.CCCCc1ccc2c(c1)c1cc(N(C)c3ccccc3)ccc1n2-c1ccccc1.CN(c1ccccc1)c1ccc2c(c1)c1cc(C(C)(C)C)ccc1n2-c1ccccc1. The Kier molecular flexibility index (Phi) is 23.6. The van der Waals surface area contributed by atoms with Crippen molar-refractivity contribution in [3.63, 3.8) is 0 Å². The van der Waals surface area contributed by atoms with Gasteiger partial charge in [-0.3, -0.25) is 0 Å². The molecule has 8 heteroatoms. The van der Waals surface area contributed by atoms with Crippen molar-refractivity contribution in [3.05, 3.63) is 411 Å². The number of fused-ring (bicyclic) bond motifs is 12. The lowest BCUT2D eigenvalue weighted by atomic mass is 9.86. The van der Waals surface area contributed by atoms with E-state index in [1.807, 2.05) is 0 Å². The molecule has 20 rings (SSSR count). The monoisotopic (exact) mass is 1600 g/mol. The maximum Gasteiger partial charge on any atom is 0.0542 e. The highest BCUT2D eigenvalue weighted by atomic mass is 15.1. The lowest BCUT2D eigenvalue weighted by Gasteiger charge is -2.20. The van der Waals surface area contributed by atoms with Crippen molar-refractivity contribution >= 4 is 133 Å². The molecule has 1 atom stereocenters. The Labute approximate surface area is 725 Å². The molecule has 8 nitrogen and oxygen atoms in total. The highest BCUT2D eigenvalue weighted by molar-refractivity contribution is 6.14. The fraction of sp³-hybridized carbons (Fsp3) is 0.165. The van der Waals surface area contributed by atoms with E-state index < -0.39 is 0 Å². The normalized spacial score (nSPS) is 11.7. The molecule has 0 saturated carbocycles. The molecule has 0 aliphatic heterocycles. The van der Waals surface area contributed by atoms with Gasteiger partial charge in [0.15, 0.2) is 0 Å². The molecule has 16 aromatic carbocycles. The van der Waals surface area contributed by atoms with E-state index in [4.69, 9.17) is 0 Å². The van der Waals surface area contributed by atoms with Crippen LogP contribution in [-0.4, -0.2) is 46.5 Å². The van der Waals surface area contributed by atoms with Crippen LogP contribution in [0.5, 0.6) is 0 Å². The summed E-state index contributed by atoms with van der Waals surface area (Å²) in [6, 6.07) is 140. The third-order valence-corrected chi connectivity index (χ3v) is 24.8. The summed E-state index contributed by atoms with van der Waals surface area (Å²) in [6.07, 6.45) is 4.72. The summed E-state index contributed by atoms with van der Waals surface area (Å²) in [5.74, 6) is 1.05. The molecule has 0 fully saturated rings. The second-order valence-electron chi connectivity index (χ2n) is 34.0. The molecule has 0 bridgehead atoms. The fourth-order valence-corrected chi connectivity index (χ4v) is 17.5. The molecule has 123 heavy (non-hydrogen) atoms. The molecule has 610 valence electrons. The maximum absolute atomic E-state index is 2.40. The predicted octanol–water partition coefficient (Wildman–Crippen LogP) is 31.5. The number of para-hydroxylation sites is 8. The Morgan fingerprint density at radius 1 is 0.252 bits per heavy atom. The Hall–Kier alpha value is -14.1. The third-order valence-electron chi connectivity index (χ3n) is 24.8. The molecule has 0 saturated heterocycles. The van der Waals surface area contributed by atoms with Crippen molar-refractivity contribution in [3.8, 4) is 22.7 Å². The van der Waals surface area contributed by atoms with Crippen LogP contribution in [0, 0.1) is 0 Å². The van der Waals surface area contributed by atoms with E-state index in [0.717, 1.165) is 12.8 Å². The first-order valence-corrected chi connectivity index (χ1v) is 43.7. The summed E-state index contributed by atoms with van der Waals surface area (Å²) in [6.45, 7) is 18.2. The largest absolute Gasteiger partial charge is 0.345 e. The van der Waals surface area contributed by atoms with Gasteiger partial charge in [0.25, 0.3) is 0 Å². The highest BCUT2D eigenvalue weighted by Gasteiger charge is 2.23. The molecule has 0 amide bonds. The highest BCUT2D eigenvalue weighted by Crippen LogP contribution is 2.44. The van der Waals surface area contributed by atoms with Crippen LogP contribution >= 0.6 is 0 Å². The number of aryl methyl sites for hydroxylation is 1. The average molecular weight is 1600 g/mol. The third kappa shape index (κ3) is 16.6. The van der Waals surface area contributed by atoms with Crippen molar-refractivity contribution in [1.82, 2.24) is 18.3 Å². The molecule has 0 N–H and O–H groups in total. The lowest BCUT2D eigenvalue weighted by Crippen LogP contribution is -2.10. The maximum atomic E-state index is 2.40. The Bertz CT molecular complexity index is 7020. The first-order chi connectivity index (χ1) is 60.0. The van der Waals surface area contributed by atoms with Gasteiger partial charge in [-0.05, 0) is 277 Å². The van der Waals surface area contributed by atoms with Crippen LogP contribution in [0.1, 0.15) is 109 Å². The van der Waals surface area contributed by atoms with Crippen LogP contribution in [0.3, 0.4) is 0 Å². The van der Waals surface area contributed by atoms with Gasteiger partial charge in [0, 0.05) is 140 Å². The second-order valence-corrected chi connectivity index (χ2v) is 34.0. The number of hydrogen-bond acceptors (Lipinski definition) is 4. The summed E-state index contributed by atoms with van der Waals surface area (Å²) in [7, 11) is 8.54. The van der Waals surface area contributed by atoms with E-state index in [0.29, 0.717) is 11.8 Å². The van der Waals surface area contributed by atoms with Gasteiger partial charge in [-0.15, -0.1) is 0 Å². The molecule has 0 aliphatic rings. The number of benzene rings is 16. The average Bonchev–Trinajstić information content (AvgIpc) is 1.61. The number of nitrogens with zero attached hydrogens (tertiary/aromatic N) is 8. The first-order valence-electron chi connectivity index (χ1n) is 43.7. The minimum Gasteiger partial charge on any atom is -0.345 e. The number of anilines is 8. The molecular weight excluding hydrogens is 1490 g/mol. The van der Waals surface area contributed by atoms with Crippen molar-refractivity contribution in [2.45, 2.75) is 98.3 Å². The molecule has 4 heterocycles. The fourth-order valence-electron chi connectivity index (χ4n) is 17.5. The molecule has 0 radical (unpaired) electrons. The van der Waals surface area contributed by atoms with Crippen LogP contribution in [0.15, 0.2) is 388 Å². The van der Waals surface area contributed by atoms with Gasteiger partial charge in [0.1, 0.15) is 0 Å². The minimum absolute atomic E-state index is 0.105. The van der Waals surface area contributed by atoms with E-state index in [2.05, 4.69) is 510 Å². The standard InChI is InChI=1S/3C29H28N2.C28H26N2/c1-29(2,3)21-15-17-27-25(19-21)26-20-24(30(4)22-11-7-5-8-12-22)16-18-28(26)31(27)23-13-9-6-10-14-23;1-4-21(2)22-15-17-28-26(19-22)27-20-25(30(3)23-11-7-5-8-12-23)16-18-29(27)31(28)24-13-9-6-10-14-24;1-3-4-11-22-16-18-28-26(20-22)27-21-25(30(2)23-12-7-5-8-13-23)17-19-29(27)31(28)24-14-9-6-10-15-24;1-20(2)21-14-16-27-25(18-21)26-19-24(29(3)22-10-6-4-7-11-22)15-17-28(26)30(27)23-12-8-5-9-13-23/h5-20H,1-4H3;5-21H,4H2,1-3H3;5-10,12-21H,3-4,11H2,1-2H3;4-20H,1-3H3. The van der Waals surface area contributed by atoms with E-state index in [1.54, 1.807) is 0 Å². The van der Waals surface area contributed by atoms with E-state index in [9.17, 15) is 0 Å². The number of unbranched alkanes of at least 4 members (excludes halogenated alkanes) is 1.